The lowest BCUT2D eigenvalue weighted by Crippen LogP contribution is -2.52. The number of hydrogen-bond acceptors (Lipinski definition) is 6. The number of hydrogen-bond donors (Lipinski definition) is 1. The van der Waals surface area contributed by atoms with Crippen LogP contribution in [0.15, 0.2) is 39.0 Å². The fourth-order valence-corrected chi connectivity index (χ4v) is 6.91. The Morgan fingerprint density at radius 2 is 1.89 bits per heavy atom. The van der Waals surface area contributed by atoms with E-state index in [1.165, 1.54) is 26.6 Å². The van der Waals surface area contributed by atoms with E-state index < -0.39 is 0 Å². The summed E-state index contributed by atoms with van der Waals surface area (Å²) in [6.45, 7) is 7.57. The average Bonchev–Trinajstić information content (AvgIpc) is 3.34. The monoisotopic (exact) mass is 412 g/mol. The Labute approximate surface area is 173 Å². The Hall–Kier alpha value is -1.99. The first-order valence-corrected chi connectivity index (χ1v) is 11.6. The summed E-state index contributed by atoms with van der Waals surface area (Å²) in [4.78, 5) is 17.6. The number of nitrogens with one attached hydrogen (secondary N) is 1. The van der Waals surface area contributed by atoms with Crippen LogP contribution in [0.1, 0.15) is 22.7 Å². The van der Waals surface area contributed by atoms with Gasteiger partial charge in [0.05, 0.1) is 10.3 Å². The molecule has 1 amide bonds. The maximum atomic E-state index is 13.2. The number of nitrogens with zero attached hydrogens (tertiary/aromatic N) is 3. The Kier molecular flexibility index (Phi) is 4.59. The number of hydrazone groups is 1. The van der Waals surface area contributed by atoms with Gasteiger partial charge < -0.3 is 15.2 Å². The van der Waals surface area contributed by atoms with Crippen molar-refractivity contribution in [2.45, 2.75) is 24.1 Å². The molecule has 146 valence electrons. The van der Waals surface area contributed by atoms with Crippen LogP contribution in [0.5, 0.6) is 0 Å². The summed E-state index contributed by atoms with van der Waals surface area (Å²) in [6.07, 6.45) is 0. The molecule has 2 atom stereocenters. The first kappa shape index (κ1) is 18.1. The van der Waals surface area contributed by atoms with Gasteiger partial charge in [-0.15, -0.1) is 23.1 Å². The molecule has 3 aliphatic rings. The van der Waals surface area contributed by atoms with Crippen molar-refractivity contribution in [1.29, 1.82) is 0 Å². The molecule has 2 unspecified atom stereocenters. The predicted molar refractivity (Wildman–Crippen MR) is 117 cm³/mol. The Morgan fingerprint density at radius 3 is 2.64 bits per heavy atom. The predicted octanol–water partition coefficient (Wildman–Crippen LogP) is 3.44. The third-order valence-corrected chi connectivity index (χ3v) is 8.39. The van der Waals surface area contributed by atoms with Crippen LogP contribution in [0.3, 0.4) is 0 Å². The molecule has 0 spiro atoms. The first-order chi connectivity index (χ1) is 13.6. The van der Waals surface area contributed by atoms with E-state index in [1.54, 1.807) is 11.3 Å². The number of thioether (sulfide) groups is 1. The van der Waals surface area contributed by atoms with Crippen molar-refractivity contribution in [2.24, 2.45) is 11.0 Å². The maximum Gasteiger partial charge on any atom is 0.270 e. The number of thiophene rings is 1. The van der Waals surface area contributed by atoms with Crippen molar-refractivity contribution in [3.05, 3.63) is 46.3 Å². The molecule has 5 nitrogen and oxygen atoms in total. The highest BCUT2D eigenvalue weighted by molar-refractivity contribution is 8.01. The van der Waals surface area contributed by atoms with Crippen molar-refractivity contribution in [2.75, 3.05) is 36.8 Å². The van der Waals surface area contributed by atoms with Crippen LogP contribution in [0.25, 0.3) is 0 Å². The molecule has 1 saturated heterocycles. The number of piperazine rings is 1. The van der Waals surface area contributed by atoms with Crippen molar-refractivity contribution >= 4 is 40.4 Å². The van der Waals surface area contributed by atoms with Gasteiger partial charge in [-0.2, -0.15) is 5.10 Å². The quantitative estimate of drug-likeness (QED) is 0.821. The number of para-hydroxylation sites is 1. The summed E-state index contributed by atoms with van der Waals surface area (Å²) < 4.78 is 1.36. The number of benzene rings is 1. The standard InChI is InChI=1S/C21H24N4OS2/c1-13-4-3-5-14(2)19(13)24-7-9-25(10-8-24)20(26)18-16-12-28-21-15(6-11-27-21)17(16)22-23-18/h3-6,11,16-17,22H,7-10,12H2,1-2H3. The Bertz CT molecular complexity index is 925. The van der Waals surface area contributed by atoms with Crippen molar-refractivity contribution < 1.29 is 4.79 Å². The fraction of sp³-hybridized carbons (Fsp3) is 0.429. The minimum atomic E-state index is 0.112. The summed E-state index contributed by atoms with van der Waals surface area (Å²) in [5.74, 6) is 1.22. The van der Waals surface area contributed by atoms with Crippen LogP contribution in [-0.4, -0.2) is 48.5 Å². The van der Waals surface area contributed by atoms with E-state index in [0.29, 0.717) is 0 Å². The number of rotatable bonds is 2. The van der Waals surface area contributed by atoms with Gasteiger partial charge in [0.25, 0.3) is 5.91 Å². The summed E-state index contributed by atoms with van der Waals surface area (Å²) in [7, 11) is 0. The number of anilines is 1. The molecule has 1 fully saturated rings. The number of carbonyl (C=O) groups excluding carboxylic acids is 1. The third-order valence-electron chi connectivity index (χ3n) is 6.01. The van der Waals surface area contributed by atoms with E-state index in [0.717, 1.165) is 37.6 Å². The molecule has 0 bridgehead atoms. The normalized spacial score (nSPS) is 23.7. The van der Waals surface area contributed by atoms with Crippen LogP contribution in [0.2, 0.25) is 0 Å². The summed E-state index contributed by atoms with van der Waals surface area (Å²) in [6, 6.07) is 8.77. The minimum Gasteiger partial charge on any atom is -0.368 e. The lowest BCUT2D eigenvalue weighted by atomic mass is 9.92. The van der Waals surface area contributed by atoms with E-state index in [9.17, 15) is 4.79 Å². The molecule has 0 radical (unpaired) electrons. The fourth-order valence-electron chi connectivity index (χ4n) is 4.56. The SMILES string of the molecule is Cc1cccc(C)c1N1CCN(C(=O)C2=NNC3c4ccsc4SCC23)CC1. The van der Waals surface area contributed by atoms with Crippen LogP contribution >= 0.6 is 23.1 Å². The highest BCUT2D eigenvalue weighted by Crippen LogP contribution is 2.45. The lowest BCUT2D eigenvalue weighted by molar-refractivity contribution is -0.124. The van der Waals surface area contributed by atoms with E-state index >= 15 is 0 Å². The van der Waals surface area contributed by atoms with Crippen molar-refractivity contribution in [3.8, 4) is 0 Å². The molecule has 0 aliphatic carbocycles. The zero-order valence-electron chi connectivity index (χ0n) is 16.1. The minimum absolute atomic E-state index is 0.112. The molecule has 1 aromatic heterocycles. The van der Waals surface area contributed by atoms with Crippen LogP contribution in [0, 0.1) is 19.8 Å². The summed E-state index contributed by atoms with van der Waals surface area (Å²) in [5.41, 5.74) is 9.19. The Morgan fingerprint density at radius 1 is 1.14 bits per heavy atom. The second-order valence-electron chi connectivity index (χ2n) is 7.70. The van der Waals surface area contributed by atoms with Crippen molar-refractivity contribution in [3.63, 3.8) is 0 Å². The van der Waals surface area contributed by atoms with Gasteiger partial charge in [0.1, 0.15) is 5.71 Å². The highest BCUT2D eigenvalue weighted by Gasteiger charge is 2.42. The maximum absolute atomic E-state index is 13.2. The Balaban J connectivity index is 1.27. The molecule has 1 N–H and O–H groups in total. The molecule has 2 aromatic rings. The molecule has 28 heavy (non-hydrogen) atoms. The zero-order valence-corrected chi connectivity index (χ0v) is 17.8. The van der Waals surface area contributed by atoms with Crippen LogP contribution < -0.4 is 10.3 Å². The number of carbonyl (C=O) groups is 1. The van der Waals surface area contributed by atoms with Crippen molar-refractivity contribution in [1.82, 2.24) is 10.3 Å². The third kappa shape index (κ3) is 2.92. The topological polar surface area (TPSA) is 47.9 Å². The number of fused-ring (bicyclic) bond motifs is 3. The van der Waals surface area contributed by atoms with Crippen LogP contribution in [-0.2, 0) is 4.79 Å². The molecule has 3 aliphatic heterocycles. The number of amides is 1. The van der Waals surface area contributed by atoms with Gasteiger partial charge in [0.15, 0.2) is 0 Å². The largest absolute Gasteiger partial charge is 0.368 e. The summed E-state index contributed by atoms with van der Waals surface area (Å²) in [5, 5.41) is 6.63. The van der Waals surface area contributed by atoms with E-state index in [2.05, 4.69) is 58.9 Å². The van der Waals surface area contributed by atoms with Gasteiger partial charge in [-0.3, -0.25) is 4.79 Å². The smallest absolute Gasteiger partial charge is 0.270 e. The second kappa shape index (κ2) is 7.12. The average molecular weight is 413 g/mol. The second-order valence-corrected chi connectivity index (χ2v) is 9.91. The first-order valence-electron chi connectivity index (χ1n) is 9.77. The number of aryl methyl sites for hydroxylation is 2. The zero-order chi connectivity index (χ0) is 19.3. The molecule has 0 saturated carbocycles. The van der Waals surface area contributed by atoms with Gasteiger partial charge in [-0.05, 0) is 36.4 Å². The van der Waals surface area contributed by atoms with E-state index in [-0.39, 0.29) is 17.9 Å². The van der Waals surface area contributed by atoms with Gasteiger partial charge in [-0.25, -0.2) is 0 Å². The molecule has 7 heteroatoms. The summed E-state index contributed by atoms with van der Waals surface area (Å²) >= 11 is 3.64. The van der Waals surface area contributed by atoms with Gasteiger partial charge in [-0.1, -0.05) is 18.2 Å². The lowest BCUT2D eigenvalue weighted by Gasteiger charge is -2.38. The molecular formula is C21H24N4OS2. The molecular weight excluding hydrogens is 388 g/mol. The molecule has 5 rings (SSSR count). The van der Waals surface area contributed by atoms with Gasteiger partial charge in [0.2, 0.25) is 0 Å². The molecule has 1 aromatic carbocycles. The van der Waals surface area contributed by atoms with E-state index in [4.69, 9.17) is 0 Å². The van der Waals surface area contributed by atoms with E-state index in [1.807, 2.05) is 16.7 Å². The highest BCUT2D eigenvalue weighted by atomic mass is 32.2. The van der Waals surface area contributed by atoms with Crippen LogP contribution in [0.4, 0.5) is 5.69 Å². The van der Waals surface area contributed by atoms with Gasteiger partial charge in [0, 0.05) is 49.1 Å². The molecule has 4 heterocycles. The van der Waals surface area contributed by atoms with Gasteiger partial charge >= 0.3 is 0 Å².